The van der Waals surface area contributed by atoms with Crippen LogP contribution < -0.4 is 10.6 Å². The van der Waals surface area contributed by atoms with Crippen molar-refractivity contribution in [3.63, 3.8) is 0 Å². The molecular formula is C9H14N4O4S2. The number of hydrogen-bond acceptors (Lipinski definition) is 7. The first-order chi connectivity index (χ1) is 8.90. The number of sulfonamides is 1. The minimum Gasteiger partial charge on any atom is -0.385 e. The molecule has 2 rings (SSSR count). The molecule has 8 nitrogen and oxygen atoms in total. The fourth-order valence-corrected chi connectivity index (χ4v) is 4.17. The third-order valence-electron chi connectivity index (χ3n) is 2.78. The molecule has 0 aliphatic carbocycles. The lowest BCUT2D eigenvalue weighted by atomic mass is 10.2. The van der Waals surface area contributed by atoms with Crippen molar-refractivity contribution in [3.8, 4) is 0 Å². The van der Waals surface area contributed by atoms with E-state index < -0.39 is 14.9 Å². The number of rotatable bonds is 4. The van der Waals surface area contributed by atoms with Crippen molar-refractivity contribution in [1.29, 1.82) is 0 Å². The van der Waals surface area contributed by atoms with Crippen LogP contribution in [0.2, 0.25) is 0 Å². The molecule has 0 atom stereocenters. The molecule has 106 valence electrons. The molecule has 0 amide bonds. The zero-order valence-corrected chi connectivity index (χ0v) is 11.7. The Kier molecular flexibility index (Phi) is 4.04. The molecule has 0 saturated carbocycles. The predicted octanol–water partition coefficient (Wildman–Crippen LogP) is 0.918. The predicted molar refractivity (Wildman–Crippen MR) is 71.1 cm³/mol. The van der Waals surface area contributed by atoms with Crippen molar-refractivity contribution < 1.29 is 13.3 Å². The monoisotopic (exact) mass is 306 g/mol. The van der Waals surface area contributed by atoms with Crippen LogP contribution in [0.5, 0.6) is 0 Å². The average molecular weight is 306 g/mol. The van der Waals surface area contributed by atoms with Crippen LogP contribution in [0, 0.1) is 10.1 Å². The van der Waals surface area contributed by atoms with E-state index in [9.17, 15) is 18.5 Å². The third-order valence-corrected chi connectivity index (χ3v) is 5.59. The fourth-order valence-electron chi connectivity index (χ4n) is 1.85. The Bertz CT molecular complexity index is 577. The quantitative estimate of drug-likeness (QED) is 0.630. The van der Waals surface area contributed by atoms with E-state index in [0.717, 1.165) is 25.3 Å². The molecule has 0 bridgehead atoms. The molecule has 0 radical (unpaired) electrons. The lowest BCUT2D eigenvalue weighted by Gasteiger charge is -2.26. The largest absolute Gasteiger partial charge is 0.385 e. The van der Waals surface area contributed by atoms with Crippen LogP contribution in [0.15, 0.2) is 10.3 Å². The summed E-state index contributed by atoms with van der Waals surface area (Å²) in [4.78, 5) is 12.4. The maximum Gasteiger partial charge on any atom is 0.304 e. The molecule has 1 aromatic rings. The molecule has 3 N–H and O–H groups in total. The van der Waals surface area contributed by atoms with Crippen molar-refractivity contribution in [2.75, 3.05) is 18.8 Å². The number of anilines is 1. The number of hydrogen-bond donors (Lipinski definition) is 2. The summed E-state index contributed by atoms with van der Waals surface area (Å²) in [5.74, 6) is 0. The minimum atomic E-state index is -3.79. The summed E-state index contributed by atoms with van der Waals surface area (Å²) < 4.78 is 24.0. The smallest absolute Gasteiger partial charge is 0.304 e. The molecule has 19 heavy (non-hydrogen) atoms. The van der Waals surface area contributed by atoms with Gasteiger partial charge in [0, 0.05) is 19.2 Å². The fraction of sp³-hybridized carbons (Fsp3) is 0.556. The molecular weight excluding hydrogens is 292 g/mol. The molecule has 2 heterocycles. The number of nitrogens with one attached hydrogen (secondary N) is 1. The van der Waals surface area contributed by atoms with Gasteiger partial charge in [-0.3, -0.25) is 10.1 Å². The maximum absolute atomic E-state index is 12.1. The van der Waals surface area contributed by atoms with E-state index in [1.165, 1.54) is 0 Å². The SMILES string of the molecule is Nc1sc(S(=O)(=O)NN2CCCCC2)cc1[N+](=O)[O-]. The first kappa shape index (κ1) is 14.2. The van der Waals surface area contributed by atoms with Gasteiger partial charge < -0.3 is 5.73 Å². The molecule has 1 aromatic heterocycles. The number of nitro groups is 1. The molecule has 0 spiro atoms. The lowest BCUT2D eigenvalue weighted by Crippen LogP contribution is -2.44. The second kappa shape index (κ2) is 5.41. The van der Waals surface area contributed by atoms with Gasteiger partial charge in [-0.15, -0.1) is 4.83 Å². The summed E-state index contributed by atoms with van der Waals surface area (Å²) >= 11 is 0.697. The second-order valence-corrected chi connectivity index (χ2v) is 7.19. The Morgan fingerprint density at radius 3 is 2.53 bits per heavy atom. The van der Waals surface area contributed by atoms with E-state index in [0.29, 0.717) is 24.4 Å². The van der Waals surface area contributed by atoms with E-state index in [-0.39, 0.29) is 14.9 Å². The summed E-state index contributed by atoms with van der Waals surface area (Å²) in [7, 11) is -3.79. The zero-order chi connectivity index (χ0) is 14.0. The standard InChI is InChI=1S/C9H14N4O4S2/c10-9-7(13(14)15)6-8(18-9)19(16,17)11-12-4-2-1-3-5-12/h6,11H,1-5,10H2. The Labute approximate surface area is 114 Å². The van der Waals surface area contributed by atoms with Gasteiger partial charge in [-0.25, -0.2) is 13.4 Å². The normalized spacial score (nSPS) is 17.5. The second-order valence-electron chi connectivity index (χ2n) is 4.21. The van der Waals surface area contributed by atoms with Gasteiger partial charge in [0.15, 0.2) is 5.00 Å². The third kappa shape index (κ3) is 3.21. The van der Waals surface area contributed by atoms with Gasteiger partial charge in [0.1, 0.15) is 4.21 Å². The van der Waals surface area contributed by atoms with Crippen LogP contribution >= 0.6 is 11.3 Å². The van der Waals surface area contributed by atoms with Crippen molar-refractivity contribution in [1.82, 2.24) is 9.84 Å². The van der Waals surface area contributed by atoms with Gasteiger partial charge in [-0.2, -0.15) is 0 Å². The van der Waals surface area contributed by atoms with E-state index >= 15 is 0 Å². The van der Waals surface area contributed by atoms with E-state index in [2.05, 4.69) is 4.83 Å². The molecule has 1 saturated heterocycles. The Morgan fingerprint density at radius 2 is 2.00 bits per heavy atom. The highest BCUT2D eigenvalue weighted by molar-refractivity contribution is 7.91. The molecule has 1 fully saturated rings. The molecule has 10 heteroatoms. The van der Waals surface area contributed by atoms with Crippen molar-refractivity contribution in [2.24, 2.45) is 0 Å². The maximum atomic E-state index is 12.1. The van der Waals surface area contributed by atoms with Gasteiger partial charge in [-0.05, 0) is 12.8 Å². The lowest BCUT2D eigenvalue weighted by molar-refractivity contribution is -0.383. The number of hydrazine groups is 1. The summed E-state index contributed by atoms with van der Waals surface area (Å²) in [5.41, 5.74) is 5.07. The van der Waals surface area contributed by atoms with E-state index in [4.69, 9.17) is 5.73 Å². The number of thiophene rings is 1. The van der Waals surface area contributed by atoms with Crippen LogP contribution in [0.25, 0.3) is 0 Å². The topological polar surface area (TPSA) is 119 Å². The molecule has 0 aromatic carbocycles. The molecule has 1 aliphatic rings. The molecule has 0 unspecified atom stereocenters. The Hall–Kier alpha value is -1.23. The summed E-state index contributed by atoms with van der Waals surface area (Å²) in [5, 5.41) is 12.2. The Morgan fingerprint density at radius 1 is 1.37 bits per heavy atom. The van der Waals surface area contributed by atoms with Crippen LogP contribution in [-0.2, 0) is 10.0 Å². The van der Waals surface area contributed by atoms with Gasteiger partial charge >= 0.3 is 5.69 Å². The number of nitrogen functional groups attached to an aromatic ring is 1. The van der Waals surface area contributed by atoms with Gasteiger partial charge in [0.2, 0.25) is 0 Å². The van der Waals surface area contributed by atoms with Crippen LogP contribution in [0.1, 0.15) is 19.3 Å². The Balaban J connectivity index is 2.19. The van der Waals surface area contributed by atoms with E-state index in [1.807, 2.05) is 0 Å². The zero-order valence-electron chi connectivity index (χ0n) is 10.0. The highest BCUT2D eigenvalue weighted by Gasteiger charge is 2.26. The number of nitrogens with two attached hydrogens (primary N) is 1. The van der Waals surface area contributed by atoms with Crippen molar-refractivity contribution >= 4 is 32.0 Å². The first-order valence-electron chi connectivity index (χ1n) is 5.71. The number of nitrogens with zero attached hydrogens (tertiary/aromatic N) is 2. The van der Waals surface area contributed by atoms with Crippen molar-refractivity contribution in [2.45, 2.75) is 23.5 Å². The summed E-state index contributed by atoms with van der Waals surface area (Å²) in [6.07, 6.45) is 2.93. The first-order valence-corrected chi connectivity index (χ1v) is 8.01. The van der Waals surface area contributed by atoms with E-state index in [1.54, 1.807) is 5.01 Å². The highest BCUT2D eigenvalue weighted by atomic mass is 32.2. The van der Waals surface area contributed by atoms with Gasteiger partial charge in [0.25, 0.3) is 10.0 Å². The van der Waals surface area contributed by atoms with Crippen LogP contribution in [-0.4, -0.2) is 31.4 Å². The van der Waals surface area contributed by atoms with Gasteiger partial charge in [-0.1, -0.05) is 17.8 Å². The van der Waals surface area contributed by atoms with Gasteiger partial charge in [0.05, 0.1) is 4.92 Å². The molecule has 1 aliphatic heterocycles. The average Bonchev–Trinajstić information content (AvgIpc) is 2.73. The summed E-state index contributed by atoms with van der Waals surface area (Å²) in [6.45, 7) is 1.28. The number of piperidine rings is 1. The summed E-state index contributed by atoms with van der Waals surface area (Å²) in [6, 6.07) is 0.992. The van der Waals surface area contributed by atoms with Crippen molar-refractivity contribution in [3.05, 3.63) is 16.2 Å². The minimum absolute atomic E-state index is 0.107. The highest BCUT2D eigenvalue weighted by Crippen LogP contribution is 2.34. The van der Waals surface area contributed by atoms with Crippen LogP contribution in [0.3, 0.4) is 0 Å². The van der Waals surface area contributed by atoms with Crippen LogP contribution in [0.4, 0.5) is 10.7 Å².